The van der Waals surface area contributed by atoms with Crippen LogP contribution in [0.15, 0.2) is 34.7 Å². The molecule has 16 atom stereocenters. The molecule has 0 unspecified atom stereocenters. The highest BCUT2D eigenvalue weighted by Crippen LogP contribution is 2.78. The monoisotopic (exact) mass is 720 g/mol. The van der Waals surface area contributed by atoms with Gasteiger partial charge in [-0.1, -0.05) is 33.8 Å². The van der Waals surface area contributed by atoms with Crippen LogP contribution in [0.2, 0.25) is 0 Å². The molecule has 0 radical (unpaired) electrons. The summed E-state index contributed by atoms with van der Waals surface area (Å²) in [6.07, 6.45) is 12.3. The lowest BCUT2D eigenvalue weighted by molar-refractivity contribution is -0.216. The molecule has 0 aromatic rings. The lowest BCUT2D eigenvalue weighted by Crippen LogP contribution is -2.69. The van der Waals surface area contributed by atoms with Gasteiger partial charge in [-0.05, 0) is 148 Å². The van der Waals surface area contributed by atoms with Crippen molar-refractivity contribution in [2.45, 2.75) is 147 Å². The van der Waals surface area contributed by atoms with Gasteiger partial charge in [-0.2, -0.15) is 0 Å². The molecule has 2 saturated heterocycles. The lowest BCUT2D eigenvalue weighted by atomic mass is 9.36. The van der Waals surface area contributed by atoms with Crippen molar-refractivity contribution in [1.29, 1.82) is 0 Å². The van der Waals surface area contributed by atoms with Crippen molar-refractivity contribution >= 4 is 5.78 Å². The van der Waals surface area contributed by atoms with Crippen LogP contribution in [0.3, 0.4) is 0 Å². The Hall–Kier alpha value is -1.75. The number of ether oxygens (including phenoxy) is 2. The number of dihydropyridines is 1. The summed E-state index contributed by atoms with van der Waals surface area (Å²) in [6, 6.07) is 0. The Balaban J connectivity index is 1.09. The number of allylic oxidation sites excluding steroid dienone is 3. The number of nitrogens with two attached hydrogens (primary N) is 1. The minimum Gasteiger partial charge on any atom is -0.396 e. The number of hydrogen-bond donors (Lipinski definition) is 6. The summed E-state index contributed by atoms with van der Waals surface area (Å²) in [4.78, 5) is 14.6. The van der Waals surface area contributed by atoms with Crippen LogP contribution >= 0.6 is 0 Å². The Labute approximate surface area is 309 Å². The molecule has 9 heteroatoms. The summed E-state index contributed by atoms with van der Waals surface area (Å²) in [7, 11) is 0. The zero-order valence-electron chi connectivity index (χ0n) is 32.1. The maximum absolute atomic E-state index is 14.6. The number of carbonyl (C=O) groups is 1. The van der Waals surface area contributed by atoms with Crippen LogP contribution in [0.5, 0.6) is 0 Å². The van der Waals surface area contributed by atoms with Crippen molar-refractivity contribution in [3.05, 3.63) is 34.7 Å². The Morgan fingerprint density at radius 3 is 2.60 bits per heavy atom. The van der Waals surface area contributed by atoms with Gasteiger partial charge in [0.25, 0.3) is 0 Å². The fraction of sp³-hybridized carbons (Fsp3) is 0.837. The highest BCUT2D eigenvalue weighted by Gasteiger charge is 2.79. The highest BCUT2D eigenvalue weighted by atomic mass is 16.6. The highest BCUT2D eigenvalue weighted by molar-refractivity contribution is 6.00. The van der Waals surface area contributed by atoms with Crippen molar-refractivity contribution in [3.8, 4) is 0 Å². The predicted molar refractivity (Wildman–Crippen MR) is 196 cm³/mol. The number of nitrogens with one attached hydrogen (secondary N) is 1. The van der Waals surface area contributed by atoms with Gasteiger partial charge in [-0.25, -0.2) is 0 Å². The molecule has 9 rings (SSSR count). The zero-order valence-corrected chi connectivity index (χ0v) is 32.1. The van der Waals surface area contributed by atoms with Crippen molar-refractivity contribution in [1.82, 2.24) is 5.32 Å². The van der Waals surface area contributed by atoms with Gasteiger partial charge >= 0.3 is 0 Å². The molecule has 9 nitrogen and oxygen atoms in total. The van der Waals surface area contributed by atoms with E-state index in [0.29, 0.717) is 62.4 Å². The van der Waals surface area contributed by atoms with E-state index in [-0.39, 0.29) is 47.6 Å². The van der Waals surface area contributed by atoms with Gasteiger partial charge in [-0.3, -0.25) is 4.79 Å². The van der Waals surface area contributed by atoms with E-state index in [1.807, 2.05) is 19.9 Å². The van der Waals surface area contributed by atoms with Gasteiger partial charge in [-0.15, -0.1) is 0 Å². The number of Topliss-reactive ketones (excluding diaryl/α,β-unsaturated/α-hetero) is 1. The second kappa shape index (κ2) is 11.6. The number of aliphatic hydroxyl groups excluding tert-OH is 2. The van der Waals surface area contributed by atoms with E-state index >= 15 is 0 Å². The van der Waals surface area contributed by atoms with Crippen molar-refractivity contribution in [2.75, 3.05) is 19.8 Å². The first-order chi connectivity index (χ1) is 24.5. The quantitative estimate of drug-likeness (QED) is 0.196. The van der Waals surface area contributed by atoms with Crippen LogP contribution in [0.4, 0.5) is 0 Å². The molecule has 288 valence electrons. The SMILES string of the molecule is C[C@H]1CCO[C@]([C@H]2C[C@@H]3CCC4=C5[C@@H]6[C@H](CC[C@@H]7C[C@H](O)C[C@@H](C4=O)[C@]76C)C[C@@]2(C)[C@]53O)([C@H]2O[C@@H]2[C@](C)(O)[C@](C)(CO)CCC2=CCNC(N)=C2)C1. The van der Waals surface area contributed by atoms with E-state index in [4.69, 9.17) is 15.2 Å². The number of aliphatic hydroxyl groups is 4. The van der Waals surface area contributed by atoms with Crippen molar-refractivity contribution in [3.63, 3.8) is 0 Å². The molecule has 0 bridgehead atoms. The largest absolute Gasteiger partial charge is 0.396 e. The predicted octanol–water partition coefficient (Wildman–Crippen LogP) is 4.67. The van der Waals surface area contributed by atoms with Gasteiger partial charge < -0.3 is 41.0 Å². The van der Waals surface area contributed by atoms with E-state index in [1.54, 1.807) is 0 Å². The van der Waals surface area contributed by atoms with Crippen molar-refractivity contribution < 1.29 is 34.7 Å². The molecule has 3 heterocycles. The van der Waals surface area contributed by atoms with Crippen LogP contribution < -0.4 is 11.1 Å². The first kappa shape index (κ1) is 35.9. The van der Waals surface area contributed by atoms with Crippen molar-refractivity contribution in [2.24, 2.45) is 63.4 Å². The summed E-state index contributed by atoms with van der Waals surface area (Å²) in [5, 5.41) is 51.2. The standard InChI is InChI=1S/C43H64N2O7/c1-23-12-15-51-42(20-23,37-36(52-37)41(5,49)38(2,22-46)13-10-24-11-14-45-32(44)16-24)31-18-27-8-9-29-34-33-25(21-39(31,3)43(27,34)50)6-7-26-17-28(47)19-30(35(29)48)40(26,33)4/h11,16,23,25-28,30-31,33,36-37,45-47,49-50H,6-10,12-15,17-22,44H2,1-5H3/t23-,25+,26+,27-,28-,30-,31-,33-,36-,37-,38-,39+,40-,41-,42+,43+/m0/s1. The van der Waals surface area contributed by atoms with E-state index in [2.05, 4.69) is 32.2 Å². The first-order valence-electron chi connectivity index (χ1n) is 20.8. The summed E-state index contributed by atoms with van der Waals surface area (Å²) in [5.41, 5.74) is 4.38. The van der Waals surface area contributed by atoms with Gasteiger partial charge in [0.1, 0.15) is 17.8 Å². The van der Waals surface area contributed by atoms with Crippen LogP contribution in [0.25, 0.3) is 0 Å². The van der Waals surface area contributed by atoms with Gasteiger partial charge in [0.15, 0.2) is 5.78 Å². The van der Waals surface area contributed by atoms with E-state index in [0.717, 1.165) is 68.1 Å². The fourth-order valence-corrected chi connectivity index (χ4v) is 14.8. The number of hydrogen-bond acceptors (Lipinski definition) is 9. The molecule has 7 N–H and O–H groups in total. The van der Waals surface area contributed by atoms with Crippen LogP contribution in [0.1, 0.15) is 112 Å². The summed E-state index contributed by atoms with van der Waals surface area (Å²) in [6.45, 7) is 11.9. The molecular formula is C43H64N2O7. The number of epoxide rings is 1. The van der Waals surface area contributed by atoms with Crippen LogP contribution in [-0.4, -0.2) is 81.1 Å². The maximum Gasteiger partial charge on any atom is 0.162 e. The number of rotatable bonds is 8. The molecular weight excluding hydrogens is 656 g/mol. The average Bonchev–Trinajstić information content (AvgIpc) is 3.88. The van der Waals surface area contributed by atoms with E-state index in [9.17, 15) is 25.2 Å². The summed E-state index contributed by atoms with van der Waals surface area (Å²) < 4.78 is 13.9. The Kier molecular flexibility index (Phi) is 8.04. The normalized spacial score (nSPS) is 51.4. The fourth-order valence-electron chi connectivity index (χ4n) is 14.8. The minimum atomic E-state index is -1.34. The number of carbonyl (C=O) groups excluding carboxylic acids is 1. The van der Waals surface area contributed by atoms with Crippen LogP contribution in [0, 0.1) is 57.7 Å². The summed E-state index contributed by atoms with van der Waals surface area (Å²) >= 11 is 0. The minimum absolute atomic E-state index is 0.0173. The van der Waals surface area contributed by atoms with Crippen LogP contribution in [-0.2, 0) is 14.3 Å². The summed E-state index contributed by atoms with van der Waals surface area (Å²) in [5.74, 6) is 1.92. The van der Waals surface area contributed by atoms with E-state index < -0.39 is 39.8 Å². The Morgan fingerprint density at radius 2 is 1.87 bits per heavy atom. The molecule has 0 aromatic heterocycles. The molecule has 9 aliphatic rings. The lowest BCUT2D eigenvalue weighted by Gasteiger charge is -2.69. The average molecular weight is 721 g/mol. The molecule has 0 spiro atoms. The molecule has 4 saturated carbocycles. The second-order valence-electron chi connectivity index (χ2n) is 20.2. The molecule has 52 heavy (non-hydrogen) atoms. The third-order valence-corrected chi connectivity index (χ3v) is 17.9. The molecule has 0 amide bonds. The molecule has 6 aliphatic carbocycles. The zero-order chi connectivity index (χ0) is 36.8. The topological polar surface area (TPSA) is 158 Å². The third kappa shape index (κ3) is 4.53. The maximum atomic E-state index is 14.6. The number of ketones is 1. The molecule has 3 aliphatic heterocycles. The third-order valence-electron chi connectivity index (χ3n) is 17.9. The van der Waals surface area contributed by atoms with Gasteiger partial charge in [0, 0.05) is 29.9 Å². The van der Waals surface area contributed by atoms with Gasteiger partial charge in [0.2, 0.25) is 0 Å². The molecule has 0 aromatic carbocycles. The van der Waals surface area contributed by atoms with Gasteiger partial charge in [0.05, 0.1) is 29.7 Å². The second-order valence-corrected chi connectivity index (χ2v) is 20.2. The Morgan fingerprint density at radius 1 is 1.08 bits per heavy atom. The Bertz CT molecular complexity index is 1620. The smallest absolute Gasteiger partial charge is 0.162 e. The first-order valence-corrected chi connectivity index (χ1v) is 20.8. The molecule has 6 fully saturated rings. The van der Waals surface area contributed by atoms with E-state index in [1.165, 1.54) is 0 Å².